The minimum absolute atomic E-state index is 0.187. The molecule has 0 atom stereocenters. The van der Waals surface area contributed by atoms with Crippen LogP contribution in [-0.2, 0) is 26.2 Å². The second-order valence-corrected chi connectivity index (χ2v) is 7.45. The maximum atomic E-state index is 14.3. The van der Waals surface area contributed by atoms with E-state index in [1.54, 1.807) is 25.6 Å². The summed E-state index contributed by atoms with van der Waals surface area (Å²) in [4.78, 5) is 6.44. The molecule has 2 heterocycles. The molecule has 4 rings (SSSR count). The number of hydrogen-bond acceptors (Lipinski definition) is 4. The van der Waals surface area contributed by atoms with Crippen LogP contribution in [0.2, 0.25) is 0 Å². The SMILES string of the molecule is COc1ccc(CN(Cc2cccnc2)Cc2ccccc2F)cc1Cn1cccn1. The van der Waals surface area contributed by atoms with Crippen molar-refractivity contribution in [2.24, 2.45) is 0 Å². The number of methoxy groups -OCH3 is 1. The molecular weight excluding hydrogens is 391 g/mol. The Kier molecular flexibility index (Phi) is 6.69. The number of hydrogen-bond donors (Lipinski definition) is 0. The summed E-state index contributed by atoms with van der Waals surface area (Å²) in [5, 5.41) is 4.30. The van der Waals surface area contributed by atoms with Crippen LogP contribution in [0.15, 0.2) is 85.5 Å². The molecule has 0 spiro atoms. The first kappa shape index (κ1) is 20.8. The van der Waals surface area contributed by atoms with Crippen LogP contribution in [0.5, 0.6) is 5.75 Å². The van der Waals surface area contributed by atoms with Crippen molar-refractivity contribution in [3.8, 4) is 5.75 Å². The molecule has 0 bridgehead atoms. The van der Waals surface area contributed by atoms with Gasteiger partial charge >= 0.3 is 0 Å². The molecular formula is C25H25FN4O. The fourth-order valence-electron chi connectivity index (χ4n) is 3.67. The zero-order valence-electron chi connectivity index (χ0n) is 17.5. The lowest BCUT2D eigenvalue weighted by Crippen LogP contribution is -2.23. The lowest BCUT2D eigenvalue weighted by Gasteiger charge is -2.23. The van der Waals surface area contributed by atoms with E-state index in [1.165, 1.54) is 6.07 Å². The van der Waals surface area contributed by atoms with Crippen molar-refractivity contribution < 1.29 is 9.13 Å². The maximum Gasteiger partial charge on any atom is 0.127 e. The van der Waals surface area contributed by atoms with Gasteiger partial charge in [-0.1, -0.05) is 30.3 Å². The highest BCUT2D eigenvalue weighted by Gasteiger charge is 2.13. The van der Waals surface area contributed by atoms with Gasteiger partial charge in [-0.25, -0.2) is 4.39 Å². The molecule has 158 valence electrons. The highest BCUT2D eigenvalue weighted by molar-refractivity contribution is 5.37. The maximum absolute atomic E-state index is 14.3. The average Bonchev–Trinajstić information content (AvgIpc) is 3.29. The Morgan fingerprint density at radius 1 is 0.903 bits per heavy atom. The second-order valence-electron chi connectivity index (χ2n) is 7.45. The standard InChI is InChI=1S/C25H25FN4O/c1-31-25-10-9-20(14-23(25)19-30-13-5-12-28-30)16-29(17-21-6-4-11-27-15-21)18-22-7-2-3-8-24(22)26/h2-15H,16-19H2,1H3. The fourth-order valence-corrected chi connectivity index (χ4v) is 3.67. The molecule has 2 aromatic carbocycles. The number of aromatic nitrogens is 3. The van der Waals surface area contributed by atoms with E-state index in [0.29, 0.717) is 31.7 Å². The summed E-state index contributed by atoms with van der Waals surface area (Å²) >= 11 is 0. The van der Waals surface area contributed by atoms with Crippen molar-refractivity contribution in [3.63, 3.8) is 0 Å². The summed E-state index contributed by atoms with van der Waals surface area (Å²) in [6, 6.07) is 19.0. The number of pyridine rings is 1. The van der Waals surface area contributed by atoms with Crippen molar-refractivity contribution >= 4 is 0 Å². The van der Waals surface area contributed by atoms with Crippen LogP contribution in [-0.4, -0.2) is 26.8 Å². The third kappa shape index (κ3) is 5.55. The van der Waals surface area contributed by atoms with Gasteiger partial charge < -0.3 is 4.74 Å². The Bertz CT molecular complexity index is 1100. The molecule has 0 saturated heterocycles. The smallest absolute Gasteiger partial charge is 0.127 e. The van der Waals surface area contributed by atoms with Gasteiger partial charge in [-0.15, -0.1) is 0 Å². The Hall–Kier alpha value is -3.51. The number of ether oxygens (including phenoxy) is 1. The van der Waals surface area contributed by atoms with Crippen molar-refractivity contribution in [2.75, 3.05) is 7.11 Å². The third-order valence-electron chi connectivity index (χ3n) is 5.12. The zero-order chi connectivity index (χ0) is 21.5. The Labute approximate surface area is 181 Å². The minimum Gasteiger partial charge on any atom is -0.496 e. The summed E-state index contributed by atoms with van der Waals surface area (Å²) in [7, 11) is 1.68. The number of nitrogens with zero attached hydrogens (tertiary/aromatic N) is 4. The monoisotopic (exact) mass is 416 g/mol. The van der Waals surface area contributed by atoms with Crippen LogP contribution in [0.1, 0.15) is 22.3 Å². The summed E-state index contributed by atoms with van der Waals surface area (Å²) in [5.74, 6) is 0.639. The largest absolute Gasteiger partial charge is 0.496 e. The van der Waals surface area contributed by atoms with E-state index in [2.05, 4.69) is 27.1 Å². The summed E-state index contributed by atoms with van der Waals surface area (Å²) in [5.41, 5.74) is 3.94. The molecule has 5 nitrogen and oxygen atoms in total. The Morgan fingerprint density at radius 3 is 2.52 bits per heavy atom. The van der Waals surface area contributed by atoms with Crippen molar-refractivity contribution in [3.05, 3.63) is 114 Å². The van der Waals surface area contributed by atoms with Gasteiger partial charge in [-0.05, 0) is 41.5 Å². The molecule has 6 heteroatoms. The van der Waals surface area contributed by atoms with Crippen LogP contribution in [0.4, 0.5) is 4.39 Å². The molecule has 2 aromatic heterocycles. The van der Waals surface area contributed by atoms with Crippen molar-refractivity contribution in [2.45, 2.75) is 26.2 Å². The number of rotatable bonds is 9. The van der Waals surface area contributed by atoms with Gasteiger partial charge in [0, 0.05) is 55.5 Å². The molecule has 0 radical (unpaired) electrons. The first-order valence-electron chi connectivity index (χ1n) is 10.2. The van der Waals surface area contributed by atoms with Crippen molar-refractivity contribution in [1.82, 2.24) is 19.7 Å². The molecule has 0 N–H and O–H groups in total. The predicted octanol–water partition coefficient (Wildman–Crippen LogP) is 4.68. The molecule has 31 heavy (non-hydrogen) atoms. The van der Waals surface area contributed by atoms with Gasteiger partial charge in [0.25, 0.3) is 0 Å². The first-order chi connectivity index (χ1) is 15.2. The van der Waals surface area contributed by atoms with Crippen LogP contribution >= 0.6 is 0 Å². The predicted molar refractivity (Wildman–Crippen MR) is 118 cm³/mol. The quantitative estimate of drug-likeness (QED) is 0.398. The zero-order valence-corrected chi connectivity index (χ0v) is 17.5. The summed E-state index contributed by atoms with van der Waals surface area (Å²) in [6.45, 7) is 2.46. The summed E-state index contributed by atoms with van der Waals surface area (Å²) in [6.07, 6.45) is 7.31. The number of halogens is 1. The molecule has 0 unspecified atom stereocenters. The molecule has 0 saturated carbocycles. The van der Waals surface area contributed by atoms with E-state index < -0.39 is 0 Å². The van der Waals surface area contributed by atoms with E-state index in [9.17, 15) is 4.39 Å². The van der Waals surface area contributed by atoms with Crippen LogP contribution < -0.4 is 4.74 Å². The van der Waals surface area contributed by atoms with Crippen LogP contribution in [0, 0.1) is 5.82 Å². The molecule has 4 aromatic rings. The lowest BCUT2D eigenvalue weighted by molar-refractivity contribution is 0.243. The normalized spacial score (nSPS) is 11.1. The van der Waals surface area contributed by atoms with Crippen molar-refractivity contribution in [1.29, 1.82) is 0 Å². The number of benzene rings is 2. The summed E-state index contributed by atoms with van der Waals surface area (Å²) < 4.78 is 21.8. The van der Waals surface area contributed by atoms with Crippen LogP contribution in [0.25, 0.3) is 0 Å². The lowest BCUT2D eigenvalue weighted by atomic mass is 10.1. The molecule has 0 aliphatic rings. The average molecular weight is 417 g/mol. The molecule has 0 aliphatic carbocycles. The van der Waals surface area contributed by atoms with Gasteiger partial charge in [-0.2, -0.15) is 5.10 Å². The molecule has 0 amide bonds. The second kappa shape index (κ2) is 10.00. The van der Waals surface area contributed by atoms with Gasteiger partial charge in [0.15, 0.2) is 0 Å². The van der Waals surface area contributed by atoms with Gasteiger partial charge in [0.05, 0.1) is 13.7 Å². The van der Waals surface area contributed by atoms with E-state index in [4.69, 9.17) is 4.74 Å². The molecule has 0 fully saturated rings. The fraction of sp³-hybridized carbons (Fsp3) is 0.200. The van der Waals surface area contributed by atoms with E-state index in [-0.39, 0.29) is 5.82 Å². The Balaban J connectivity index is 1.58. The van der Waals surface area contributed by atoms with Crippen LogP contribution in [0.3, 0.4) is 0 Å². The first-order valence-corrected chi connectivity index (χ1v) is 10.2. The van der Waals surface area contributed by atoms with Gasteiger partial charge in [0.2, 0.25) is 0 Å². The highest BCUT2D eigenvalue weighted by Crippen LogP contribution is 2.23. The van der Waals surface area contributed by atoms with Gasteiger partial charge in [-0.3, -0.25) is 14.6 Å². The van der Waals surface area contributed by atoms with E-state index in [1.807, 2.05) is 53.5 Å². The Morgan fingerprint density at radius 2 is 1.77 bits per heavy atom. The van der Waals surface area contributed by atoms with Gasteiger partial charge in [0.1, 0.15) is 11.6 Å². The highest BCUT2D eigenvalue weighted by atomic mass is 19.1. The molecule has 0 aliphatic heterocycles. The third-order valence-corrected chi connectivity index (χ3v) is 5.12. The van der Waals surface area contributed by atoms with E-state index in [0.717, 1.165) is 22.4 Å². The topological polar surface area (TPSA) is 43.2 Å². The minimum atomic E-state index is -0.187. The van der Waals surface area contributed by atoms with E-state index >= 15 is 0 Å².